The highest BCUT2D eigenvalue weighted by Crippen LogP contribution is 2.28. The molecule has 0 aromatic heterocycles. The van der Waals surface area contributed by atoms with Gasteiger partial charge in [0.25, 0.3) is 5.91 Å². The highest BCUT2D eigenvalue weighted by molar-refractivity contribution is 6.33. The summed E-state index contributed by atoms with van der Waals surface area (Å²) in [7, 11) is 0. The Balaban J connectivity index is 1.88. The van der Waals surface area contributed by atoms with Crippen LogP contribution in [0.1, 0.15) is 43.0 Å². The number of nitrogens with two attached hydrogens (primary N) is 1. The standard InChI is InChI=1S/C15H21ClN2O/c1-10-3-2-4-11(7-10)9-18-15(19)12-5-6-14(17)13(16)8-12/h5-6,8,10-11H,2-4,7,9,17H2,1H3,(H,18,19). The van der Waals surface area contributed by atoms with Crippen molar-refractivity contribution in [1.29, 1.82) is 0 Å². The molecule has 0 radical (unpaired) electrons. The van der Waals surface area contributed by atoms with E-state index in [1.807, 2.05) is 0 Å². The molecule has 104 valence electrons. The van der Waals surface area contributed by atoms with Gasteiger partial charge in [0.15, 0.2) is 0 Å². The first-order chi connectivity index (χ1) is 9.06. The molecule has 0 spiro atoms. The molecule has 3 N–H and O–H groups in total. The van der Waals surface area contributed by atoms with Gasteiger partial charge in [-0.15, -0.1) is 0 Å². The number of benzene rings is 1. The number of rotatable bonds is 3. The second-order valence-corrected chi connectivity index (χ2v) is 5.99. The van der Waals surface area contributed by atoms with Crippen LogP contribution in [0.5, 0.6) is 0 Å². The molecule has 1 aromatic rings. The van der Waals surface area contributed by atoms with Gasteiger partial charge in [0.1, 0.15) is 0 Å². The third-order valence-corrected chi connectivity index (χ3v) is 4.19. The number of carbonyl (C=O) groups is 1. The van der Waals surface area contributed by atoms with Gasteiger partial charge in [-0.1, -0.05) is 31.4 Å². The van der Waals surface area contributed by atoms with Crippen LogP contribution in [0.2, 0.25) is 5.02 Å². The molecule has 19 heavy (non-hydrogen) atoms. The summed E-state index contributed by atoms with van der Waals surface area (Å²) in [6, 6.07) is 5.00. The highest BCUT2D eigenvalue weighted by atomic mass is 35.5. The minimum Gasteiger partial charge on any atom is -0.398 e. The zero-order chi connectivity index (χ0) is 13.8. The molecule has 3 nitrogen and oxygen atoms in total. The van der Waals surface area contributed by atoms with Gasteiger partial charge in [-0.25, -0.2) is 0 Å². The second-order valence-electron chi connectivity index (χ2n) is 5.58. The van der Waals surface area contributed by atoms with Crippen LogP contribution in [0.25, 0.3) is 0 Å². The van der Waals surface area contributed by atoms with E-state index in [1.54, 1.807) is 18.2 Å². The summed E-state index contributed by atoms with van der Waals surface area (Å²) in [5.41, 5.74) is 6.70. The predicted molar refractivity (Wildman–Crippen MR) is 79.3 cm³/mol. The number of halogens is 1. The molecular formula is C15H21ClN2O. The lowest BCUT2D eigenvalue weighted by Gasteiger charge is -2.26. The van der Waals surface area contributed by atoms with Crippen LogP contribution in [-0.4, -0.2) is 12.5 Å². The van der Waals surface area contributed by atoms with E-state index in [-0.39, 0.29) is 5.91 Å². The third kappa shape index (κ3) is 3.87. The van der Waals surface area contributed by atoms with Crippen LogP contribution in [0.15, 0.2) is 18.2 Å². The minimum absolute atomic E-state index is 0.0693. The van der Waals surface area contributed by atoms with Gasteiger partial charge in [0, 0.05) is 12.1 Å². The van der Waals surface area contributed by atoms with E-state index >= 15 is 0 Å². The van der Waals surface area contributed by atoms with Crippen LogP contribution >= 0.6 is 11.6 Å². The molecule has 2 unspecified atom stereocenters. The lowest BCUT2D eigenvalue weighted by molar-refractivity contribution is 0.0940. The lowest BCUT2D eigenvalue weighted by atomic mass is 9.82. The summed E-state index contributed by atoms with van der Waals surface area (Å²) in [5, 5.41) is 3.43. The van der Waals surface area contributed by atoms with E-state index in [0.29, 0.717) is 22.2 Å². The Morgan fingerprint density at radius 1 is 1.47 bits per heavy atom. The SMILES string of the molecule is CC1CCCC(CNC(=O)c2ccc(N)c(Cl)c2)C1. The monoisotopic (exact) mass is 280 g/mol. The van der Waals surface area contributed by atoms with Crippen LogP contribution in [0, 0.1) is 11.8 Å². The Morgan fingerprint density at radius 3 is 2.95 bits per heavy atom. The molecule has 1 amide bonds. The molecule has 0 aliphatic heterocycles. The maximum atomic E-state index is 12.0. The van der Waals surface area contributed by atoms with Crippen molar-refractivity contribution in [1.82, 2.24) is 5.32 Å². The molecule has 0 bridgehead atoms. The number of nitrogens with one attached hydrogen (secondary N) is 1. The molecule has 1 aliphatic carbocycles. The maximum Gasteiger partial charge on any atom is 0.251 e. The van der Waals surface area contributed by atoms with Crippen molar-refractivity contribution in [3.63, 3.8) is 0 Å². The van der Waals surface area contributed by atoms with Crippen LogP contribution in [0.3, 0.4) is 0 Å². The molecule has 1 fully saturated rings. The third-order valence-electron chi connectivity index (χ3n) is 3.86. The lowest BCUT2D eigenvalue weighted by Crippen LogP contribution is -2.31. The van der Waals surface area contributed by atoms with E-state index in [4.69, 9.17) is 17.3 Å². The summed E-state index contributed by atoms with van der Waals surface area (Å²) < 4.78 is 0. The van der Waals surface area contributed by atoms with Gasteiger partial charge >= 0.3 is 0 Å². The van der Waals surface area contributed by atoms with Crippen molar-refractivity contribution in [3.05, 3.63) is 28.8 Å². The maximum absolute atomic E-state index is 12.0. The first-order valence-electron chi connectivity index (χ1n) is 6.89. The number of amides is 1. The van der Waals surface area contributed by atoms with Gasteiger partial charge in [-0.3, -0.25) is 4.79 Å². The normalized spacial score (nSPS) is 23.1. The first-order valence-corrected chi connectivity index (χ1v) is 7.27. The molecule has 1 saturated carbocycles. The summed E-state index contributed by atoms with van der Waals surface area (Å²) in [6.07, 6.45) is 5.02. The molecule has 1 aliphatic rings. The highest BCUT2D eigenvalue weighted by Gasteiger charge is 2.19. The van der Waals surface area contributed by atoms with Gasteiger partial charge in [0.2, 0.25) is 0 Å². The fourth-order valence-corrected chi connectivity index (χ4v) is 2.93. The number of hydrogen-bond donors (Lipinski definition) is 2. The van der Waals surface area contributed by atoms with Crippen LogP contribution in [-0.2, 0) is 0 Å². The molecule has 0 heterocycles. The molecule has 4 heteroatoms. The predicted octanol–water partition coefficient (Wildman–Crippen LogP) is 3.48. The zero-order valence-electron chi connectivity index (χ0n) is 11.3. The van der Waals surface area contributed by atoms with E-state index in [0.717, 1.165) is 12.5 Å². The summed E-state index contributed by atoms with van der Waals surface area (Å²) >= 11 is 5.92. The van der Waals surface area contributed by atoms with Crippen molar-refractivity contribution in [2.75, 3.05) is 12.3 Å². The van der Waals surface area contributed by atoms with Crippen molar-refractivity contribution >= 4 is 23.2 Å². The van der Waals surface area contributed by atoms with E-state index < -0.39 is 0 Å². The molecule has 2 rings (SSSR count). The molecular weight excluding hydrogens is 260 g/mol. The summed E-state index contributed by atoms with van der Waals surface area (Å²) in [4.78, 5) is 12.0. The van der Waals surface area contributed by atoms with E-state index in [1.165, 1.54) is 25.7 Å². The average molecular weight is 281 g/mol. The zero-order valence-corrected chi connectivity index (χ0v) is 12.0. The quantitative estimate of drug-likeness (QED) is 0.833. The molecule has 1 aromatic carbocycles. The van der Waals surface area contributed by atoms with Gasteiger partial charge < -0.3 is 11.1 Å². The Morgan fingerprint density at radius 2 is 2.26 bits per heavy atom. The van der Waals surface area contributed by atoms with Gasteiger partial charge in [-0.2, -0.15) is 0 Å². The smallest absolute Gasteiger partial charge is 0.251 e. The Hall–Kier alpha value is -1.22. The number of nitrogen functional groups attached to an aromatic ring is 1. The van der Waals surface area contributed by atoms with Crippen molar-refractivity contribution in [2.24, 2.45) is 11.8 Å². The fourth-order valence-electron chi connectivity index (χ4n) is 2.75. The van der Waals surface area contributed by atoms with Crippen molar-refractivity contribution in [2.45, 2.75) is 32.6 Å². The summed E-state index contributed by atoms with van der Waals surface area (Å²) in [6.45, 7) is 3.04. The number of carbonyl (C=O) groups excluding carboxylic acids is 1. The van der Waals surface area contributed by atoms with E-state index in [9.17, 15) is 4.79 Å². The number of hydrogen-bond acceptors (Lipinski definition) is 2. The number of anilines is 1. The largest absolute Gasteiger partial charge is 0.398 e. The second kappa shape index (κ2) is 6.29. The Kier molecular flexibility index (Phi) is 4.70. The van der Waals surface area contributed by atoms with E-state index in [2.05, 4.69) is 12.2 Å². The molecule has 0 saturated heterocycles. The van der Waals surface area contributed by atoms with Gasteiger partial charge in [0.05, 0.1) is 10.7 Å². The Bertz CT molecular complexity index is 461. The molecule has 2 atom stereocenters. The van der Waals surface area contributed by atoms with Crippen LogP contribution in [0.4, 0.5) is 5.69 Å². The first kappa shape index (κ1) is 14.2. The average Bonchev–Trinajstić information content (AvgIpc) is 2.39. The fraction of sp³-hybridized carbons (Fsp3) is 0.533. The summed E-state index contributed by atoms with van der Waals surface area (Å²) in [5.74, 6) is 1.32. The minimum atomic E-state index is -0.0693. The Labute approximate surface area is 119 Å². The van der Waals surface area contributed by atoms with Crippen molar-refractivity contribution < 1.29 is 4.79 Å². The van der Waals surface area contributed by atoms with Crippen LogP contribution < -0.4 is 11.1 Å². The van der Waals surface area contributed by atoms with Gasteiger partial charge in [-0.05, 0) is 42.9 Å². The van der Waals surface area contributed by atoms with Crippen molar-refractivity contribution in [3.8, 4) is 0 Å². The topological polar surface area (TPSA) is 55.1 Å².